The van der Waals surface area contributed by atoms with Crippen molar-refractivity contribution in [2.45, 2.75) is 25.4 Å². The Kier molecular flexibility index (Phi) is 5.11. The standard InChI is InChI=1S/C25H24N6/c1-30-16-18(21-6-2-3-8-23(21)30)17-31-13-5-9-24(31)22-7-4-10-25(29-22)28-20-12-11-19(14-26)27-15-20/h2-4,6-8,10-12,15-16,24H,5,9,13,17H2,1H3,(H,28,29). The van der Waals surface area contributed by atoms with Crippen LogP contribution in [0.3, 0.4) is 0 Å². The van der Waals surface area contributed by atoms with Crippen molar-refractivity contribution in [1.82, 2.24) is 19.4 Å². The summed E-state index contributed by atoms with van der Waals surface area (Å²) in [6.45, 7) is 2.00. The number of likely N-dealkylation sites (tertiary alicyclic amines) is 1. The van der Waals surface area contributed by atoms with Crippen LogP contribution in [0, 0.1) is 11.3 Å². The maximum Gasteiger partial charge on any atom is 0.140 e. The molecule has 1 N–H and O–H groups in total. The third-order valence-corrected chi connectivity index (χ3v) is 5.98. The molecule has 3 aromatic heterocycles. The summed E-state index contributed by atoms with van der Waals surface area (Å²) >= 11 is 0. The molecule has 0 bridgehead atoms. The number of para-hydroxylation sites is 1. The van der Waals surface area contributed by atoms with Crippen molar-refractivity contribution in [3.63, 3.8) is 0 Å². The van der Waals surface area contributed by atoms with Crippen LogP contribution in [0.5, 0.6) is 0 Å². The molecule has 0 saturated carbocycles. The molecular formula is C25H24N6. The molecular weight excluding hydrogens is 384 g/mol. The average molecular weight is 409 g/mol. The van der Waals surface area contributed by atoms with E-state index in [-0.39, 0.29) is 0 Å². The number of aromatic nitrogens is 3. The Hall–Kier alpha value is -3.69. The maximum atomic E-state index is 8.91. The zero-order chi connectivity index (χ0) is 21.2. The van der Waals surface area contributed by atoms with E-state index in [4.69, 9.17) is 10.2 Å². The van der Waals surface area contributed by atoms with Gasteiger partial charge in [0.2, 0.25) is 0 Å². The fraction of sp³-hybridized carbons (Fsp3) is 0.240. The van der Waals surface area contributed by atoms with Crippen LogP contribution >= 0.6 is 0 Å². The van der Waals surface area contributed by atoms with Gasteiger partial charge in [0.05, 0.1) is 23.6 Å². The van der Waals surface area contributed by atoms with Crippen molar-refractivity contribution in [3.05, 3.63) is 83.9 Å². The molecule has 4 aromatic rings. The summed E-state index contributed by atoms with van der Waals surface area (Å²) in [6, 6.07) is 20.6. The monoisotopic (exact) mass is 408 g/mol. The van der Waals surface area contributed by atoms with Crippen molar-refractivity contribution in [2.75, 3.05) is 11.9 Å². The maximum absolute atomic E-state index is 8.91. The first-order chi connectivity index (χ1) is 15.2. The van der Waals surface area contributed by atoms with Gasteiger partial charge in [-0.15, -0.1) is 0 Å². The Morgan fingerprint density at radius 1 is 1.13 bits per heavy atom. The molecule has 1 saturated heterocycles. The molecule has 31 heavy (non-hydrogen) atoms. The topological polar surface area (TPSA) is 69.8 Å². The predicted molar refractivity (Wildman–Crippen MR) is 122 cm³/mol. The molecule has 0 amide bonds. The summed E-state index contributed by atoms with van der Waals surface area (Å²) in [6.07, 6.45) is 6.20. The first-order valence-electron chi connectivity index (χ1n) is 10.6. The lowest BCUT2D eigenvalue weighted by Gasteiger charge is -2.24. The Balaban J connectivity index is 1.36. The minimum atomic E-state index is 0.305. The van der Waals surface area contributed by atoms with Crippen molar-refractivity contribution >= 4 is 22.4 Å². The number of nitrogens with zero attached hydrogens (tertiary/aromatic N) is 5. The number of hydrogen-bond donors (Lipinski definition) is 1. The largest absolute Gasteiger partial charge is 0.350 e. The second kappa shape index (κ2) is 8.21. The third kappa shape index (κ3) is 3.88. The van der Waals surface area contributed by atoms with E-state index < -0.39 is 0 Å². The number of benzene rings is 1. The summed E-state index contributed by atoms with van der Waals surface area (Å²) in [5.74, 6) is 0.793. The van der Waals surface area contributed by atoms with Gasteiger partial charge in [-0.25, -0.2) is 9.97 Å². The van der Waals surface area contributed by atoms with Gasteiger partial charge in [0.25, 0.3) is 0 Å². The quantitative estimate of drug-likeness (QED) is 0.507. The van der Waals surface area contributed by atoms with E-state index in [1.54, 1.807) is 12.3 Å². The molecule has 1 fully saturated rings. The normalized spacial score (nSPS) is 16.5. The number of hydrogen-bond acceptors (Lipinski definition) is 5. The molecule has 5 rings (SSSR count). The minimum absolute atomic E-state index is 0.305. The van der Waals surface area contributed by atoms with Gasteiger partial charge in [0, 0.05) is 30.7 Å². The number of nitrogens with one attached hydrogen (secondary N) is 1. The molecule has 0 radical (unpaired) electrons. The lowest BCUT2D eigenvalue weighted by molar-refractivity contribution is 0.245. The molecule has 154 valence electrons. The van der Waals surface area contributed by atoms with Crippen molar-refractivity contribution in [1.29, 1.82) is 5.26 Å². The van der Waals surface area contributed by atoms with E-state index in [0.29, 0.717) is 11.7 Å². The van der Waals surface area contributed by atoms with E-state index >= 15 is 0 Å². The second-order valence-electron chi connectivity index (χ2n) is 8.03. The van der Waals surface area contributed by atoms with Gasteiger partial charge in [-0.2, -0.15) is 5.26 Å². The number of nitriles is 1. The molecule has 0 spiro atoms. The summed E-state index contributed by atoms with van der Waals surface area (Å²) in [4.78, 5) is 11.6. The zero-order valence-electron chi connectivity index (χ0n) is 17.5. The summed E-state index contributed by atoms with van der Waals surface area (Å²) < 4.78 is 2.21. The number of aryl methyl sites for hydroxylation is 1. The number of anilines is 2. The van der Waals surface area contributed by atoms with E-state index in [0.717, 1.165) is 36.7 Å². The molecule has 1 aliphatic heterocycles. The van der Waals surface area contributed by atoms with Gasteiger partial charge >= 0.3 is 0 Å². The molecule has 6 nitrogen and oxygen atoms in total. The van der Waals surface area contributed by atoms with Crippen LogP contribution in [0.25, 0.3) is 10.9 Å². The molecule has 1 atom stereocenters. The highest BCUT2D eigenvalue weighted by Gasteiger charge is 2.28. The van der Waals surface area contributed by atoms with Crippen molar-refractivity contribution in [3.8, 4) is 6.07 Å². The van der Waals surface area contributed by atoms with Gasteiger partial charge in [0.1, 0.15) is 17.6 Å². The summed E-state index contributed by atoms with van der Waals surface area (Å²) in [5.41, 5.74) is 4.95. The number of pyridine rings is 2. The van der Waals surface area contributed by atoms with Crippen LogP contribution in [0.1, 0.15) is 35.8 Å². The first-order valence-corrected chi connectivity index (χ1v) is 10.6. The fourth-order valence-corrected chi connectivity index (χ4v) is 4.51. The Morgan fingerprint density at radius 2 is 2.03 bits per heavy atom. The zero-order valence-corrected chi connectivity index (χ0v) is 17.5. The molecule has 6 heteroatoms. The summed E-state index contributed by atoms with van der Waals surface area (Å²) in [5, 5.41) is 13.5. The van der Waals surface area contributed by atoms with Crippen LogP contribution in [-0.2, 0) is 13.6 Å². The Bertz CT molecular complexity index is 1250. The van der Waals surface area contributed by atoms with Crippen LogP contribution in [0.2, 0.25) is 0 Å². The van der Waals surface area contributed by atoms with E-state index in [1.165, 1.54) is 22.9 Å². The Labute approximate surface area is 181 Å². The highest BCUT2D eigenvalue weighted by atomic mass is 15.2. The SMILES string of the molecule is Cn1cc(CN2CCCC2c2cccc(Nc3ccc(C#N)nc3)n2)c2ccccc21. The Morgan fingerprint density at radius 3 is 2.87 bits per heavy atom. The smallest absolute Gasteiger partial charge is 0.140 e. The van der Waals surface area contributed by atoms with Gasteiger partial charge in [-0.05, 0) is 55.3 Å². The molecule has 1 unspecified atom stereocenters. The fourth-order valence-electron chi connectivity index (χ4n) is 4.51. The van der Waals surface area contributed by atoms with Crippen LogP contribution in [0.4, 0.5) is 11.5 Å². The molecule has 0 aliphatic carbocycles. The third-order valence-electron chi connectivity index (χ3n) is 5.98. The highest BCUT2D eigenvalue weighted by Crippen LogP contribution is 2.34. The lowest BCUT2D eigenvalue weighted by atomic mass is 10.1. The molecule has 1 aliphatic rings. The number of fused-ring (bicyclic) bond motifs is 1. The average Bonchev–Trinajstić information content (AvgIpc) is 3.39. The van der Waals surface area contributed by atoms with Gasteiger partial charge in [-0.3, -0.25) is 4.90 Å². The second-order valence-corrected chi connectivity index (χ2v) is 8.03. The van der Waals surface area contributed by atoms with Crippen molar-refractivity contribution in [2.24, 2.45) is 7.05 Å². The van der Waals surface area contributed by atoms with E-state index in [9.17, 15) is 0 Å². The summed E-state index contributed by atoms with van der Waals surface area (Å²) in [7, 11) is 2.11. The highest BCUT2D eigenvalue weighted by molar-refractivity contribution is 5.83. The van der Waals surface area contributed by atoms with Gasteiger partial charge < -0.3 is 9.88 Å². The van der Waals surface area contributed by atoms with Crippen LogP contribution < -0.4 is 5.32 Å². The molecule has 4 heterocycles. The van der Waals surface area contributed by atoms with Gasteiger partial charge in [0.15, 0.2) is 0 Å². The van der Waals surface area contributed by atoms with E-state index in [2.05, 4.69) is 69.4 Å². The van der Waals surface area contributed by atoms with Crippen LogP contribution in [0.15, 0.2) is 67.0 Å². The van der Waals surface area contributed by atoms with Gasteiger partial charge in [-0.1, -0.05) is 24.3 Å². The van der Waals surface area contributed by atoms with E-state index in [1.807, 2.05) is 18.2 Å². The minimum Gasteiger partial charge on any atom is -0.350 e. The predicted octanol–water partition coefficient (Wildman–Crippen LogP) is 4.92. The van der Waals surface area contributed by atoms with Crippen molar-refractivity contribution < 1.29 is 0 Å². The van der Waals surface area contributed by atoms with Crippen LogP contribution in [-0.4, -0.2) is 26.0 Å². The molecule has 1 aromatic carbocycles. The number of rotatable bonds is 5. The lowest BCUT2D eigenvalue weighted by Crippen LogP contribution is -2.23. The first kappa shape index (κ1) is 19.3.